The molecule has 25 heavy (non-hydrogen) atoms. The van der Waals surface area contributed by atoms with Gasteiger partial charge in [-0.2, -0.15) is 5.26 Å². The van der Waals surface area contributed by atoms with Gasteiger partial charge in [0.2, 0.25) is 0 Å². The van der Waals surface area contributed by atoms with Gasteiger partial charge in [0.25, 0.3) is 5.56 Å². The van der Waals surface area contributed by atoms with Crippen molar-refractivity contribution in [1.29, 1.82) is 5.26 Å². The Kier molecular flexibility index (Phi) is 6.17. The zero-order valence-corrected chi connectivity index (χ0v) is 15.7. The maximum atomic E-state index is 12.7. The summed E-state index contributed by atoms with van der Waals surface area (Å²) in [6.07, 6.45) is 2.44. The first kappa shape index (κ1) is 19.0. The van der Waals surface area contributed by atoms with Gasteiger partial charge >= 0.3 is 0 Å². The van der Waals surface area contributed by atoms with Gasteiger partial charge in [0.05, 0.1) is 11.1 Å². The lowest BCUT2D eigenvalue weighted by atomic mass is 10.2. The van der Waals surface area contributed by atoms with Gasteiger partial charge in [0.15, 0.2) is 10.9 Å². The third-order valence-electron chi connectivity index (χ3n) is 3.44. The second-order valence-corrected chi connectivity index (χ2v) is 7.32. The molecule has 6 nitrogen and oxygen atoms in total. The van der Waals surface area contributed by atoms with E-state index >= 15 is 0 Å². The van der Waals surface area contributed by atoms with Crippen molar-refractivity contribution in [2.75, 3.05) is 5.75 Å². The second-order valence-electron chi connectivity index (χ2n) is 5.27. The van der Waals surface area contributed by atoms with Crippen LogP contribution in [-0.2, 0) is 17.8 Å². The molecule has 0 bridgehead atoms. The molecule has 2 aromatic heterocycles. The number of hydrogen-bond acceptors (Lipinski definition) is 7. The predicted molar refractivity (Wildman–Crippen MR) is 102 cm³/mol. The van der Waals surface area contributed by atoms with Gasteiger partial charge in [-0.15, -0.1) is 17.9 Å². The number of ketones is 1. The molecule has 0 fully saturated rings. The summed E-state index contributed by atoms with van der Waals surface area (Å²) in [6, 6.07) is 3.68. The fraction of sp³-hybridized carbons (Fsp3) is 0.294. The van der Waals surface area contributed by atoms with Gasteiger partial charge in [-0.3, -0.25) is 14.2 Å². The minimum Gasteiger partial charge on any atom is -0.401 e. The van der Waals surface area contributed by atoms with Crippen LogP contribution in [0.2, 0.25) is 0 Å². The van der Waals surface area contributed by atoms with E-state index in [0.717, 1.165) is 23.1 Å². The van der Waals surface area contributed by atoms with E-state index in [4.69, 9.17) is 11.0 Å². The Morgan fingerprint density at radius 3 is 2.88 bits per heavy atom. The van der Waals surface area contributed by atoms with Gasteiger partial charge in [0, 0.05) is 17.1 Å². The minimum absolute atomic E-state index is 0.0153. The Labute approximate surface area is 153 Å². The standard InChI is InChI=1S/C17H18N4O2S2/c1-4-6-21-16(23)12-7-11(5-2)25-15(12)20-17(21)24-9-14(22)13(8-18)10(3)19/h4,7H,1,5-6,9,19H2,2-3H3. The molecule has 0 aromatic carbocycles. The number of fused-ring (bicyclic) bond motifs is 1. The number of Topliss-reactive ketones (excluding diaryl/α,β-unsaturated/α-hetero) is 1. The van der Waals surface area contributed by atoms with E-state index in [-0.39, 0.29) is 28.4 Å². The summed E-state index contributed by atoms with van der Waals surface area (Å²) >= 11 is 2.59. The molecular weight excluding hydrogens is 356 g/mol. The van der Waals surface area contributed by atoms with Crippen LogP contribution in [0.25, 0.3) is 10.2 Å². The molecule has 0 amide bonds. The van der Waals surface area contributed by atoms with Gasteiger partial charge in [-0.25, -0.2) is 4.98 Å². The quantitative estimate of drug-likeness (QED) is 0.263. The highest BCUT2D eigenvalue weighted by molar-refractivity contribution is 7.99. The van der Waals surface area contributed by atoms with Crippen LogP contribution in [0.1, 0.15) is 18.7 Å². The van der Waals surface area contributed by atoms with Crippen LogP contribution >= 0.6 is 23.1 Å². The molecule has 0 aliphatic rings. The summed E-state index contributed by atoms with van der Waals surface area (Å²) in [5.41, 5.74) is 5.53. The minimum atomic E-state index is -0.382. The summed E-state index contributed by atoms with van der Waals surface area (Å²) in [7, 11) is 0. The lowest BCUT2D eigenvalue weighted by molar-refractivity contribution is -0.112. The molecule has 0 saturated carbocycles. The summed E-state index contributed by atoms with van der Waals surface area (Å²) < 4.78 is 1.49. The third-order valence-corrected chi connectivity index (χ3v) is 5.59. The number of nitrogens with two attached hydrogens (primary N) is 1. The number of nitriles is 1. The number of nitrogens with zero attached hydrogens (tertiary/aromatic N) is 3. The summed E-state index contributed by atoms with van der Waals surface area (Å²) in [5, 5.41) is 10.0. The number of allylic oxidation sites excluding steroid dienone is 3. The van der Waals surface area contributed by atoms with Crippen molar-refractivity contribution in [3.63, 3.8) is 0 Å². The highest BCUT2D eigenvalue weighted by Crippen LogP contribution is 2.25. The third kappa shape index (κ3) is 4.00. The highest BCUT2D eigenvalue weighted by atomic mass is 32.2. The SMILES string of the molecule is C=CCn1c(SCC(=O)C(C#N)=C(C)N)nc2sc(CC)cc2c1=O. The van der Waals surface area contributed by atoms with Crippen LogP contribution in [0, 0.1) is 11.3 Å². The molecule has 130 valence electrons. The van der Waals surface area contributed by atoms with Crippen molar-refractivity contribution in [2.45, 2.75) is 32.0 Å². The zero-order chi connectivity index (χ0) is 18.6. The van der Waals surface area contributed by atoms with Crippen molar-refractivity contribution in [1.82, 2.24) is 9.55 Å². The number of thiophene rings is 1. The first-order chi connectivity index (χ1) is 11.9. The van der Waals surface area contributed by atoms with Crippen LogP contribution in [0.3, 0.4) is 0 Å². The van der Waals surface area contributed by atoms with E-state index in [9.17, 15) is 9.59 Å². The molecule has 0 aliphatic carbocycles. The van der Waals surface area contributed by atoms with E-state index in [2.05, 4.69) is 11.6 Å². The second kappa shape index (κ2) is 8.14. The van der Waals surface area contributed by atoms with Crippen molar-refractivity contribution in [2.24, 2.45) is 5.73 Å². The van der Waals surface area contributed by atoms with Crippen LogP contribution < -0.4 is 11.3 Å². The average Bonchev–Trinajstić information content (AvgIpc) is 2.99. The van der Waals surface area contributed by atoms with Gasteiger partial charge in [0.1, 0.15) is 16.5 Å². The number of carbonyl (C=O) groups is 1. The van der Waals surface area contributed by atoms with E-state index in [0.29, 0.717) is 21.9 Å². The first-order valence-corrected chi connectivity index (χ1v) is 9.39. The van der Waals surface area contributed by atoms with E-state index in [1.54, 1.807) is 6.08 Å². The zero-order valence-electron chi connectivity index (χ0n) is 14.0. The van der Waals surface area contributed by atoms with E-state index < -0.39 is 0 Å². The monoisotopic (exact) mass is 374 g/mol. The molecular formula is C17H18N4O2S2. The maximum Gasteiger partial charge on any atom is 0.263 e. The van der Waals surface area contributed by atoms with Crippen molar-refractivity contribution in [3.8, 4) is 6.07 Å². The first-order valence-electron chi connectivity index (χ1n) is 7.59. The summed E-state index contributed by atoms with van der Waals surface area (Å²) in [4.78, 5) is 31.1. The number of aromatic nitrogens is 2. The van der Waals surface area contributed by atoms with Crippen LogP contribution in [-0.4, -0.2) is 21.1 Å². The number of aryl methyl sites for hydroxylation is 1. The van der Waals surface area contributed by atoms with Crippen LogP contribution in [0.5, 0.6) is 0 Å². The summed E-state index contributed by atoms with van der Waals surface area (Å²) in [6.45, 7) is 7.50. The van der Waals surface area contributed by atoms with Crippen LogP contribution in [0.4, 0.5) is 0 Å². The molecule has 0 aliphatic heterocycles. The molecule has 0 spiro atoms. The van der Waals surface area contributed by atoms with E-state index in [1.165, 1.54) is 22.8 Å². The number of hydrogen-bond donors (Lipinski definition) is 1. The van der Waals surface area contributed by atoms with Crippen molar-refractivity contribution < 1.29 is 4.79 Å². The topological polar surface area (TPSA) is 102 Å². The maximum absolute atomic E-state index is 12.7. The Bertz CT molecular complexity index is 959. The van der Waals surface area contributed by atoms with Crippen LogP contribution in [0.15, 0.2) is 39.9 Å². The fourth-order valence-electron chi connectivity index (χ4n) is 2.19. The highest BCUT2D eigenvalue weighted by Gasteiger charge is 2.17. The molecule has 0 unspecified atom stereocenters. The largest absolute Gasteiger partial charge is 0.401 e. The van der Waals surface area contributed by atoms with Gasteiger partial charge in [-0.1, -0.05) is 24.8 Å². The molecule has 2 aromatic rings. The van der Waals surface area contributed by atoms with E-state index in [1.807, 2.05) is 19.1 Å². The van der Waals surface area contributed by atoms with Crippen molar-refractivity contribution >= 4 is 39.1 Å². The molecule has 0 radical (unpaired) electrons. The summed E-state index contributed by atoms with van der Waals surface area (Å²) in [5.74, 6) is -0.397. The van der Waals surface area contributed by atoms with Gasteiger partial charge < -0.3 is 5.73 Å². The Hall–Kier alpha value is -2.37. The number of carbonyl (C=O) groups excluding carboxylic acids is 1. The lowest BCUT2D eigenvalue weighted by Crippen LogP contribution is -2.22. The molecule has 2 rings (SSSR count). The number of rotatable bonds is 7. The Balaban J connectivity index is 2.43. The van der Waals surface area contributed by atoms with Crippen molar-refractivity contribution in [3.05, 3.63) is 45.2 Å². The Morgan fingerprint density at radius 2 is 2.32 bits per heavy atom. The fourth-order valence-corrected chi connectivity index (χ4v) is 4.08. The predicted octanol–water partition coefficient (Wildman–Crippen LogP) is 2.62. The normalized spacial score (nSPS) is 11.9. The molecule has 8 heteroatoms. The Morgan fingerprint density at radius 1 is 1.60 bits per heavy atom. The number of thioether (sulfide) groups is 1. The van der Waals surface area contributed by atoms with Gasteiger partial charge in [-0.05, 0) is 19.4 Å². The lowest BCUT2D eigenvalue weighted by Gasteiger charge is -2.09. The average molecular weight is 374 g/mol. The smallest absolute Gasteiger partial charge is 0.263 e. The molecule has 2 N–H and O–H groups in total. The molecule has 0 saturated heterocycles. The molecule has 2 heterocycles. The molecule has 0 atom stereocenters.